The van der Waals surface area contributed by atoms with Gasteiger partial charge in [0, 0.05) is 35.9 Å². The number of hydrogen-bond acceptors (Lipinski definition) is 6. The topological polar surface area (TPSA) is 89.5 Å². The Morgan fingerprint density at radius 1 is 1.03 bits per heavy atom. The molecule has 4 fully saturated rings. The van der Waals surface area contributed by atoms with Gasteiger partial charge in [-0.2, -0.15) is 0 Å². The van der Waals surface area contributed by atoms with Crippen molar-refractivity contribution in [2.24, 2.45) is 17.8 Å². The van der Waals surface area contributed by atoms with Crippen molar-refractivity contribution in [2.45, 2.75) is 102 Å². The number of aliphatic hydroxyl groups is 1. The number of hydrogen-bond donors (Lipinski definition) is 4. The van der Waals surface area contributed by atoms with Crippen LogP contribution in [0.5, 0.6) is 0 Å². The van der Waals surface area contributed by atoms with E-state index in [0.29, 0.717) is 30.0 Å². The van der Waals surface area contributed by atoms with E-state index in [4.69, 9.17) is 0 Å². The highest BCUT2D eigenvalue weighted by molar-refractivity contribution is 5.79. The Morgan fingerprint density at radius 3 is 2.47 bits per heavy atom. The number of carbonyl (C=O) groups excluding carboxylic acids is 1. The fourth-order valence-corrected chi connectivity index (χ4v) is 7.65. The molecule has 204 valence electrons. The Balaban J connectivity index is 1.12. The normalized spacial score (nSPS) is 33.3. The number of nitrogens with zero attached hydrogens (tertiary/aromatic N) is 2. The summed E-state index contributed by atoms with van der Waals surface area (Å²) in [6.07, 6.45) is 9.49. The van der Waals surface area contributed by atoms with Crippen LogP contribution < -0.4 is 21.1 Å². The molecule has 0 spiro atoms. The zero-order valence-electron chi connectivity index (χ0n) is 22.7. The van der Waals surface area contributed by atoms with Crippen LogP contribution >= 0.6 is 0 Å². The van der Waals surface area contributed by atoms with Crippen molar-refractivity contribution < 1.29 is 9.90 Å². The van der Waals surface area contributed by atoms with E-state index >= 15 is 0 Å². The van der Waals surface area contributed by atoms with Crippen LogP contribution in [0.2, 0.25) is 0 Å². The number of anilines is 1. The van der Waals surface area contributed by atoms with E-state index in [1.165, 1.54) is 24.1 Å². The molecule has 7 atom stereocenters. The number of fused-ring (bicyclic) bond motifs is 3. The number of aliphatic hydroxyl groups excluding tert-OH is 1. The Morgan fingerprint density at radius 2 is 1.79 bits per heavy atom. The van der Waals surface area contributed by atoms with Gasteiger partial charge in [-0.05, 0) is 93.0 Å². The fraction of sp³-hybridized carbons (Fsp3) is 0.613. The minimum atomic E-state index is -0.144. The summed E-state index contributed by atoms with van der Waals surface area (Å²) in [7, 11) is 0. The molecule has 38 heavy (non-hydrogen) atoms. The van der Waals surface area contributed by atoms with E-state index in [-0.39, 0.29) is 30.0 Å². The zero-order chi connectivity index (χ0) is 26.2. The van der Waals surface area contributed by atoms with Gasteiger partial charge < -0.3 is 15.3 Å². The maximum atomic E-state index is 13.5. The second kappa shape index (κ2) is 10.9. The van der Waals surface area contributed by atoms with Gasteiger partial charge in [-0.15, -0.1) is 0 Å². The van der Waals surface area contributed by atoms with Crippen molar-refractivity contribution in [3.63, 3.8) is 0 Å². The summed E-state index contributed by atoms with van der Waals surface area (Å²) in [4.78, 5) is 20.6. The van der Waals surface area contributed by atoms with Crippen molar-refractivity contribution in [3.8, 4) is 0 Å². The predicted molar refractivity (Wildman–Crippen MR) is 149 cm³/mol. The third-order valence-electron chi connectivity index (χ3n) is 9.45. The van der Waals surface area contributed by atoms with Gasteiger partial charge in [0.15, 0.2) is 0 Å². The molecule has 4 heterocycles. The van der Waals surface area contributed by atoms with Crippen LogP contribution in [-0.2, 0) is 4.79 Å². The number of carbonyl (C=O) groups is 1. The molecule has 4 aliphatic rings. The SMILES string of the molecule is CC(C)C[C@H](NC(=O)C1CCC2NNC(c3ccc(N4[C@H]5CC[C@H]4CC(O)C5)cc3)C2C1)c1ccccn1. The molecule has 2 aromatic rings. The number of amides is 1. The van der Waals surface area contributed by atoms with Crippen molar-refractivity contribution in [1.82, 2.24) is 21.2 Å². The van der Waals surface area contributed by atoms with Crippen LogP contribution in [0.1, 0.15) is 88.6 Å². The van der Waals surface area contributed by atoms with E-state index in [2.05, 4.69) is 64.2 Å². The molecule has 7 nitrogen and oxygen atoms in total. The van der Waals surface area contributed by atoms with E-state index in [0.717, 1.165) is 44.2 Å². The molecule has 4 N–H and O–H groups in total. The molecule has 3 saturated heterocycles. The maximum absolute atomic E-state index is 13.5. The van der Waals surface area contributed by atoms with E-state index in [1.807, 2.05) is 24.4 Å². The first-order valence-corrected chi connectivity index (χ1v) is 14.7. The van der Waals surface area contributed by atoms with Crippen LogP contribution in [0.4, 0.5) is 5.69 Å². The van der Waals surface area contributed by atoms with Gasteiger partial charge in [0.25, 0.3) is 0 Å². The summed E-state index contributed by atoms with van der Waals surface area (Å²) in [5.74, 6) is 1.04. The Hall–Kier alpha value is -2.48. The Labute approximate surface area is 226 Å². The minimum Gasteiger partial charge on any atom is -0.393 e. The molecule has 1 aromatic carbocycles. The number of piperidine rings is 1. The van der Waals surface area contributed by atoms with Gasteiger partial charge in [0.2, 0.25) is 5.91 Å². The first kappa shape index (κ1) is 25.8. The van der Waals surface area contributed by atoms with Crippen molar-refractivity contribution in [2.75, 3.05) is 4.90 Å². The summed E-state index contributed by atoms with van der Waals surface area (Å²) in [6.45, 7) is 4.39. The van der Waals surface area contributed by atoms with Gasteiger partial charge in [0.05, 0.1) is 23.9 Å². The van der Waals surface area contributed by atoms with Gasteiger partial charge in [-0.3, -0.25) is 15.2 Å². The quantitative estimate of drug-likeness (QED) is 0.435. The molecule has 1 saturated carbocycles. The molecule has 0 radical (unpaired) electrons. The molecular formula is C31H43N5O2. The van der Waals surface area contributed by atoms with Crippen LogP contribution in [0, 0.1) is 17.8 Å². The molecule has 4 unspecified atom stereocenters. The fourth-order valence-electron chi connectivity index (χ4n) is 7.65. The smallest absolute Gasteiger partial charge is 0.223 e. The average molecular weight is 518 g/mol. The zero-order valence-corrected chi connectivity index (χ0v) is 22.7. The summed E-state index contributed by atoms with van der Waals surface area (Å²) >= 11 is 0. The number of pyridine rings is 1. The third kappa shape index (κ3) is 5.21. The van der Waals surface area contributed by atoms with Crippen molar-refractivity contribution >= 4 is 11.6 Å². The lowest BCUT2D eigenvalue weighted by atomic mass is 9.74. The molecule has 7 heteroatoms. The van der Waals surface area contributed by atoms with E-state index in [9.17, 15) is 9.90 Å². The predicted octanol–water partition coefficient (Wildman–Crippen LogP) is 4.41. The van der Waals surface area contributed by atoms with Gasteiger partial charge in [-0.25, -0.2) is 5.43 Å². The second-order valence-corrected chi connectivity index (χ2v) is 12.5. The lowest BCUT2D eigenvalue weighted by molar-refractivity contribution is -0.127. The van der Waals surface area contributed by atoms with Crippen LogP contribution in [-0.4, -0.2) is 40.2 Å². The van der Waals surface area contributed by atoms with E-state index < -0.39 is 0 Å². The molecule has 3 aliphatic heterocycles. The van der Waals surface area contributed by atoms with E-state index in [1.54, 1.807) is 0 Å². The lowest BCUT2D eigenvalue weighted by Gasteiger charge is -2.39. The van der Waals surface area contributed by atoms with Crippen LogP contribution in [0.25, 0.3) is 0 Å². The van der Waals surface area contributed by atoms with Crippen molar-refractivity contribution in [3.05, 3.63) is 59.9 Å². The molecule has 1 amide bonds. The van der Waals surface area contributed by atoms with Crippen molar-refractivity contribution in [1.29, 1.82) is 0 Å². The number of rotatable bonds is 7. The first-order valence-electron chi connectivity index (χ1n) is 14.7. The standard InChI is InChI=1S/C31H43N5O2/c1-19(2)15-29(28-5-3-4-14-32-28)33-31(38)21-8-13-27-26(16-21)30(35-34-27)20-6-9-22(10-7-20)36-23-11-12-24(36)18-25(37)17-23/h3-7,9-10,14,19,21,23-27,29-30,34-35,37H,8,11-13,15-18H2,1-2H3,(H,33,38)/t21?,23-,24-,26?,27?,29-,30?/m0/s1. The Bertz CT molecular complexity index is 1080. The summed E-state index contributed by atoms with van der Waals surface area (Å²) in [5, 5.41) is 13.5. The lowest BCUT2D eigenvalue weighted by Crippen LogP contribution is -2.44. The molecule has 2 bridgehead atoms. The monoisotopic (exact) mass is 517 g/mol. The summed E-state index contributed by atoms with van der Waals surface area (Å²) < 4.78 is 0. The number of hydrazine groups is 1. The summed E-state index contributed by atoms with van der Waals surface area (Å²) in [6, 6.07) is 16.5. The highest BCUT2D eigenvalue weighted by atomic mass is 16.3. The largest absolute Gasteiger partial charge is 0.393 e. The number of nitrogens with one attached hydrogen (secondary N) is 3. The maximum Gasteiger partial charge on any atom is 0.223 e. The third-order valence-corrected chi connectivity index (χ3v) is 9.45. The van der Waals surface area contributed by atoms with Crippen LogP contribution in [0.15, 0.2) is 48.7 Å². The highest BCUT2D eigenvalue weighted by Crippen LogP contribution is 2.43. The Kier molecular flexibility index (Phi) is 7.43. The minimum absolute atomic E-state index is 0.0218. The molecule has 6 rings (SSSR count). The molecule has 1 aliphatic carbocycles. The molecular weight excluding hydrogens is 474 g/mol. The second-order valence-electron chi connectivity index (χ2n) is 12.5. The summed E-state index contributed by atoms with van der Waals surface area (Å²) in [5.41, 5.74) is 10.6. The van der Waals surface area contributed by atoms with Gasteiger partial charge in [-0.1, -0.05) is 32.0 Å². The number of benzene rings is 1. The van der Waals surface area contributed by atoms with Gasteiger partial charge >= 0.3 is 0 Å². The first-order chi connectivity index (χ1) is 18.5. The highest BCUT2D eigenvalue weighted by Gasteiger charge is 2.44. The van der Waals surface area contributed by atoms with Gasteiger partial charge in [0.1, 0.15) is 0 Å². The number of aromatic nitrogens is 1. The van der Waals surface area contributed by atoms with Crippen LogP contribution in [0.3, 0.4) is 0 Å². The molecule has 1 aromatic heterocycles. The average Bonchev–Trinajstić information content (AvgIpc) is 3.46.